The Labute approximate surface area is 252 Å². The highest BCUT2D eigenvalue weighted by Gasteiger charge is 2.52. The molecule has 8 heteroatoms. The zero-order valence-electron chi connectivity index (χ0n) is 27.5. The van der Waals surface area contributed by atoms with Crippen LogP contribution in [0.1, 0.15) is 137 Å². The molecule has 1 aliphatic heterocycles. The van der Waals surface area contributed by atoms with Crippen LogP contribution >= 0.6 is 0 Å². The molecule has 5 atom stereocenters. The van der Waals surface area contributed by atoms with Gasteiger partial charge in [-0.1, -0.05) is 136 Å². The Hall–Kier alpha value is -1.41. The number of carbonyl (C=O) groups is 3. The van der Waals surface area contributed by atoms with E-state index in [0.717, 1.165) is 12.5 Å². The quantitative estimate of drug-likeness (QED) is 0.0536. The van der Waals surface area contributed by atoms with Gasteiger partial charge in [0.2, 0.25) is 0 Å². The van der Waals surface area contributed by atoms with Crippen LogP contribution < -0.4 is 0 Å². The second-order valence-electron chi connectivity index (χ2n) is 12.9. The molecule has 0 saturated carbocycles. The summed E-state index contributed by atoms with van der Waals surface area (Å²) in [6, 6.07) is 1.10. The van der Waals surface area contributed by atoms with Crippen molar-refractivity contribution in [3.8, 4) is 0 Å². The summed E-state index contributed by atoms with van der Waals surface area (Å²) in [5.41, 5.74) is -0.115. The summed E-state index contributed by atoms with van der Waals surface area (Å²) >= 11 is 0. The number of unbranched alkanes of at least 4 members (excludes halogenated alkanes) is 15. The van der Waals surface area contributed by atoms with Crippen molar-refractivity contribution in [3.63, 3.8) is 0 Å². The first-order valence-electron chi connectivity index (χ1n) is 16.6. The zero-order valence-corrected chi connectivity index (χ0v) is 28.5. The SMILES string of the molecule is CCCCCCCCCCCCCCCCCC[Si](C)(C)C1OC(COC(C)=O)C(OC(C)=O)C(OC(C)=O)C1C. The van der Waals surface area contributed by atoms with E-state index in [1.807, 2.05) is 6.92 Å². The molecule has 1 aliphatic rings. The number of rotatable bonds is 22. The Balaban J connectivity index is 2.44. The van der Waals surface area contributed by atoms with Crippen molar-refractivity contribution in [1.82, 2.24) is 0 Å². The van der Waals surface area contributed by atoms with Gasteiger partial charge in [-0.3, -0.25) is 14.4 Å². The normalized spacial score (nSPS) is 22.8. The second kappa shape index (κ2) is 21.3. The Kier molecular flexibility index (Phi) is 19.5. The van der Waals surface area contributed by atoms with Gasteiger partial charge in [-0.05, 0) is 0 Å². The molecule has 1 rings (SSSR count). The van der Waals surface area contributed by atoms with Crippen LogP contribution in [0, 0.1) is 5.92 Å². The van der Waals surface area contributed by atoms with Gasteiger partial charge < -0.3 is 18.9 Å². The molecule has 0 N–H and O–H groups in total. The van der Waals surface area contributed by atoms with Gasteiger partial charge in [0.05, 0.1) is 13.8 Å². The Morgan fingerprint density at radius 3 is 1.46 bits per heavy atom. The summed E-state index contributed by atoms with van der Waals surface area (Å²) in [5.74, 6) is -1.49. The first-order chi connectivity index (χ1) is 19.5. The van der Waals surface area contributed by atoms with Gasteiger partial charge in [0.25, 0.3) is 0 Å². The van der Waals surface area contributed by atoms with E-state index in [-0.39, 0.29) is 18.3 Å². The van der Waals surface area contributed by atoms with Crippen LogP contribution in [0.5, 0.6) is 0 Å². The number of carbonyl (C=O) groups excluding carboxylic acids is 3. The van der Waals surface area contributed by atoms with Gasteiger partial charge in [-0.2, -0.15) is 0 Å². The van der Waals surface area contributed by atoms with Gasteiger partial charge in [0.15, 0.2) is 6.10 Å². The van der Waals surface area contributed by atoms with Crippen LogP contribution in [-0.4, -0.2) is 56.6 Å². The number of hydrogen-bond acceptors (Lipinski definition) is 7. The Morgan fingerprint density at radius 2 is 1.05 bits per heavy atom. The zero-order chi connectivity index (χ0) is 30.7. The molecule has 0 aromatic rings. The predicted octanol–water partition coefficient (Wildman–Crippen LogP) is 8.33. The van der Waals surface area contributed by atoms with Crippen molar-refractivity contribution >= 4 is 26.0 Å². The lowest BCUT2D eigenvalue weighted by Gasteiger charge is -2.49. The average molecular weight is 599 g/mol. The minimum atomic E-state index is -1.93. The van der Waals surface area contributed by atoms with Crippen molar-refractivity contribution < 1.29 is 33.3 Å². The minimum Gasteiger partial charge on any atom is -0.463 e. The summed E-state index contributed by atoms with van der Waals surface area (Å²) in [6.45, 7) is 12.9. The summed E-state index contributed by atoms with van der Waals surface area (Å²) in [4.78, 5) is 35.4. The maximum absolute atomic E-state index is 12.0. The molecule has 0 bridgehead atoms. The molecule has 5 unspecified atom stereocenters. The van der Waals surface area contributed by atoms with Crippen molar-refractivity contribution in [2.24, 2.45) is 5.92 Å². The minimum absolute atomic E-state index is 0.0439. The van der Waals surface area contributed by atoms with Gasteiger partial charge in [-0.15, -0.1) is 0 Å². The summed E-state index contributed by atoms with van der Waals surface area (Å²) < 4.78 is 23.0. The molecule has 0 radical (unpaired) electrons. The summed E-state index contributed by atoms with van der Waals surface area (Å²) in [6.07, 6.45) is 19.5. The van der Waals surface area contributed by atoms with E-state index in [9.17, 15) is 14.4 Å². The van der Waals surface area contributed by atoms with Crippen LogP contribution in [-0.2, 0) is 33.3 Å². The Morgan fingerprint density at radius 1 is 0.634 bits per heavy atom. The summed E-state index contributed by atoms with van der Waals surface area (Å²) in [5, 5.41) is 0. The van der Waals surface area contributed by atoms with Crippen LogP contribution in [0.4, 0.5) is 0 Å². The molecule has 0 aliphatic carbocycles. The van der Waals surface area contributed by atoms with E-state index < -0.39 is 44.3 Å². The standard InChI is InChI=1S/C33H62O7Si/c1-8-9-10-11-12-13-14-15-16-17-18-19-20-21-22-23-24-41(6,7)33-26(2)31(38-28(4)35)32(39-29(5)36)30(40-33)25-37-27(3)34/h26,30-33H,8-25H2,1-7H3. The molecular weight excluding hydrogens is 536 g/mol. The van der Waals surface area contributed by atoms with E-state index in [2.05, 4.69) is 20.0 Å². The molecule has 0 spiro atoms. The van der Waals surface area contributed by atoms with Crippen LogP contribution in [0.15, 0.2) is 0 Å². The lowest BCUT2D eigenvalue weighted by molar-refractivity contribution is -0.220. The fourth-order valence-electron chi connectivity index (χ4n) is 6.27. The third-order valence-electron chi connectivity index (χ3n) is 8.51. The second-order valence-corrected chi connectivity index (χ2v) is 18.0. The maximum atomic E-state index is 12.0. The van der Waals surface area contributed by atoms with E-state index in [1.54, 1.807) is 0 Å². The Bertz CT molecular complexity index is 741. The molecular formula is C33H62O7Si. The largest absolute Gasteiger partial charge is 0.463 e. The third-order valence-corrected chi connectivity index (χ3v) is 12.4. The molecule has 1 saturated heterocycles. The summed E-state index contributed by atoms with van der Waals surface area (Å²) in [7, 11) is -1.93. The lowest BCUT2D eigenvalue weighted by atomic mass is 9.93. The van der Waals surface area contributed by atoms with Crippen LogP contribution in [0.25, 0.3) is 0 Å². The average Bonchev–Trinajstić information content (AvgIpc) is 2.89. The fourth-order valence-corrected chi connectivity index (χ4v) is 9.88. The van der Waals surface area contributed by atoms with Gasteiger partial charge in [0.1, 0.15) is 18.8 Å². The number of hydrogen-bond donors (Lipinski definition) is 0. The highest BCUT2D eigenvalue weighted by Crippen LogP contribution is 2.37. The fraction of sp³-hybridized carbons (Fsp3) is 0.909. The molecule has 1 heterocycles. The van der Waals surface area contributed by atoms with Gasteiger partial charge in [0, 0.05) is 26.7 Å². The maximum Gasteiger partial charge on any atom is 0.303 e. The van der Waals surface area contributed by atoms with E-state index in [0.29, 0.717) is 0 Å². The molecule has 240 valence electrons. The van der Waals surface area contributed by atoms with E-state index in [4.69, 9.17) is 18.9 Å². The topological polar surface area (TPSA) is 88.1 Å². The first kappa shape index (κ1) is 37.6. The molecule has 0 amide bonds. The van der Waals surface area contributed by atoms with Crippen molar-refractivity contribution in [1.29, 1.82) is 0 Å². The van der Waals surface area contributed by atoms with Crippen molar-refractivity contribution in [3.05, 3.63) is 0 Å². The third kappa shape index (κ3) is 16.1. The van der Waals surface area contributed by atoms with Crippen LogP contribution in [0.3, 0.4) is 0 Å². The van der Waals surface area contributed by atoms with E-state index >= 15 is 0 Å². The predicted molar refractivity (Wildman–Crippen MR) is 167 cm³/mol. The van der Waals surface area contributed by atoms with Gasteiger partial charge in [-0.25, -0.2) is 0 Å². The van der Waals surface area contributed by atoms with Crippen molar-refractivity contribution in [2.45, 2.75) is 181 Å². The van der Waals surface area contributed by atoms with Crippen molar-refractivity contribution in [2.75, 3.05) is 6.61 Å². The number of esters is 3. The lowest BCUT2D eigenvalue weighted by Crippen LogP contribution is -2.63. The molecule has 0 aromatic carbocycles. The van der Waals surface area contributed by atoms with E-state index in [1.165, 1.54) is 117 Å². The highest BCUT2D eigenvalue weighted by molar-refractivity contribution is 6.78. The van der Waals surface area contributed by atoms with Crippen LogP contribution in [0.2, 0.25) is 19.1 Å². The number of ether oxygens (including phenoxy) is 4. The molecule has 1 fully saturated rings. The first-order valence-corrected chi connectivity index (χ1v) is 19.9. The smallest absolute Gasteiger partial charge is 0.303 e. The molecule has 7 nitrogen and oxygen atoms in total. The molecule has 0 aromatic heterocycles. The monoisotopic (exact) mass is 598 g/mol. The molecule has 41 heavy (non-hydrogen) atoms. The highest BCUT2D eigenvalue weighted by atomic mass is 28.3. The van der Waals surface area contributed by atoms with Gasteiger partial charge >= 0.3 is 17.9 Å².